The number of hydrogen-bond donors (Lipinski definition) is 2. The van der Waals surface area contributed by atoms with Crippen LogP contribution in [0.2, 0.25) is 0 Å². The van der Waals surface area contributed by atoms with Crippen LogP contribution in [-0.2, 0) is 6.54 Å². The highest BCUT2D eigenvalue weighted by molar-refractivity contribution is 5.92. The predicted molar refractivity (Wildman–Crippen MR) is 106 cm³/mol. The van der Waals surface area contributed by atoms with Crippen molar-refractivity contribution in [1.82, 2.24) is 25.3 Å². The van der Waals surface area contributed by atoms with Crippen LogP contribution >= 0.6 is 0 Å². The maximum atomic E-state index is 12.7. The van der Waals surface area contributed by atoms with Crippen molar-refractivity contribution in [2.75, 3.05) is 33.7 Å². The molecule has 2 aromatic rings. The van der Waals surface area contributed by atoms with Crippen LogP contribution in [0, 0.1) is 5.92 Å². The van der Waals surface area contributed by atoms with Gasteiger partial charge in [0.25, 0.3) is 5.91 Å². The van der Waals surface area contributed by atoms with Gasteiger partial charge in [0.2, 0.25) is 0 Å². The fourth-order valence-electron chi connectivity index (χ4n) is 4.05. The van der Waals surface area contributed by atoms with E-state index in [4.69, 9.17) is 0 Å². The summed E-state index contributed by atoms with van der Waals surface area (Å²) >= 11 is 0. The first-order valence-corrected chi connectivity index (χ1v) is 9.85. The van der Waals surface area contributed by atoms with Crippen molar-refractivity contribution in [1.29, 1.82) is 0 Å². The smallest absolute Gasteiger partial charge is 0.272 e. The number of nitrogens with one attached hydrogen (secondary N) is 2. The van der Waals surface area contributed by atoms with E-state index in [1.54, 1.807) is 0 Å². The Kier molecular flexibility index (Phi) is 5.27. The second-order valence-electron chi connectivity index (χ2n) is 8.26. The molecule has 1 aliphatic carbocycles. The summed E-state index contributed by atoms with van der Waals surface area (Å²) in [6.45, 7) is 3.75. The van der Waals surface area contributed by atoms with Crippen molar-refractivity contribution in [2.45, 2.75) is 31.3 Å². The molecule has 1 unspecified atom stereocenters. The van der Waals surface area contributed by atoms with Gasteiger partial charge in [-0.05, 0) is 38.6 Å². The maximum absolute atomic E-state index is 12.7. The van der Waals surface area contributed by atoms with E-state index in [0.29, 0.717) is 17.5 Å². The van der Waals surface area contributed by atoms with E-state index >= 15 is 0 Å². The Morgan fingerprint density at radius 2 is 2.04 bits per heavy atom. The zero-order chi connectivity index (χ0) is 18.8. The number of H-pyrrole nitrogens is 1. The van der Waals surface area contributed by atoms with E-state index in [2.05, 4.69) is 63.7 Å². The molecular formula is C21H29N5O. The van der Waals surface area contributed by atoms with Gasteiger partial charge in [-0.3, -0.25) is 14.8 Å². The summed E-state index contributed by atoms with van der Waals surface area (Å²) in [5, 5.41) is 10.5. The number of benzene rings is 1. The lowest BCUT2D eigenvalue weighted by molar-refractivity contribution is 0.0921. The Hall–Kier alpha value is -2.18. The molecule has 4 rings (SSSR count). The van der Waals surface area contributed by atoms with Crippen LogP contribution in [0.3, 0.4) is 0 Å². The van der Waals surface area contributed by atoms with Crippen molar-refractivity contribution in [3.63, 3.8) is 0 Å². The molecule has 1 saturated carbocycles. The van der Waals surface area contributed by atoms with Crippen molar-refractivity contribution >= 4 is 5.91 Å². The van der Waals surface area contributed by atoms with Crippen LogP contribution in [0.25, 0.3) is 0 Å². The lowest BCUT2D eigenvalue weighted by atomic mass is 10.0. The number of rotatable bonds is 7. The van der Waals surface area contributed by atoms with Crippen molar-refractivity contribution in [3.8, 4) is 0 Å². The van der Waals surface area contributed by atoms with Crippen LogP contribution < -0.4 is 5.32 Å². The molecule has 1 aromatic carbocycles. The van der Waals surface area contributed by atoms with Crippen LogP contribution in [0.5, 0.6) is 0 Å². The Morgan fingerprint density at radius 1 is 1.26 bits per heavy atom. The minimum absolute atomic E-state index is 0.0616. The van der Waals surface area contributed by atoms with E-state index in [1.165, 1.54) is 18.4 Å². The molecule has 1 aromatic heterocycles. The van der Waals surface area contributed by atoms with Gasteiger partial charge in [-0.15, -0.1) is 0 Å². The third kappa shape index (κ3) is 4.57. The molecule has 0 radical (unpaired) electrons. The van der Waals surface area contributed by atoms with E-state index < -0.39 is 0 Å². The van der Waals surface area contributed by atoms with E-state index in [0.717, 1.165) is 31.9 Å². The van der Waals surface area contributed by atoms with E-state index in [9.17, 15) is 4.79 Å². The summed E-state index contributed by atoms with van der Waals surface area (Å²) in [6.07, 6.45) is 2.40. The first-order chi connectivity index (χ1) is 13.1. The summed E-state index contributed by atoms with van der Waals surface area (Å²) in [5.74, 6) is 0.927. The molecule has 144 valence electrons. The Balaban J connectivity index is 1.40. The predicted octanol–water partition coefficient (Wildman–Crippen LogP) is 2.08. The topological polar surface area (TPSA) is 64.3 Å². The molecule has 6 nitrogen and oxygen atoms in total. The van der Waals surface area contributed by atoms with Gasteiger partial charge in [0.1, 0.15) is 5.69 Å². The molecule has 2 aliphatic rings. The third-order valence-electron chi connectivity index (χ3n) is 5.53. The third-order valence-corrected chi connectivity index (χ3v) is 5.53. The van der Waals surface area contributed by atoms with Gasteiger partial charge in [-0.1, -0.05) is 30.3 Å². The van der Waals surface area contributed by atoms with E-state index in [-0.39, 0.29) is 11.9 Å². The standard InChI is InChI=1S/C21H29N5O/c1-25(2)12-17-13-26(11-15-6-4-3-5-7-15)14-20(17)22-21(27)19-10-18(23-24-19)16-8-9-16/h3-7,10,16-17,20H,8-9,11-14H2,1-2H3,(H,22,27)(H,23,24)/t17-,20?/m1/s1. The number of amides is 1. The maximum Gasteiger partial charge on any atom is 0.272 e. The SMILES string of the molecule is CN(C)C[C@@H]1CN(Cc2ccccc2)CC1NC(=O)c1cc(C2CC2)[nH]n1. The molecule has 2 atom stereocenters. The average Bonchev–Trinajstić information content (AvgIpc) is 3.26. The molecule has 6 heteroatoms. The minimum atomic E-state index is -0.0616. The van der Waals surface area contributed by atoms with Crippen LogP contribution in [0.15, 0.2) is 36.4 Å². The highest BCUT2D eigenvalue weighted by atomic mass is 16.2. The lowest BCUT2D eigenvalue weighted by Crippen LogP contribution is -2.43. The largest absolute Gasteiger partial charge is 0.346 e. The lowest BCUT2D eigenvalue weighted by Gasteiger charge is -2.22. The fourth-order valence-corrected chi connectivity index (χ4v) is 4.05. The van der Waals surface area contributed by atoms with Crippen LogP contribution in [-0.4, -0.2) is 65.7 Å². The molecule has 1 aliphatic heterocycles. The van der Waals surface area contributed by atoms with Gasteiger partial charge in [0.15, 0.2) is 0 Å². The number of likely N-dealkylation sites (tertiary alicyclic amines) is 1. The summed E-state index contributed by atoms with van der Waals surface area (Å²) in [5.41, 5.74) is 2.93. The van der Waals surface area contributed by atoms with Gasteiger partial charge < -0.3 is 10.2 Å². The Bertz CT molecular complexity index is 768. The summed E-state index contributed by atoms with van der Waals surface area (Å²) < 4.78 is 0. The van der Waals surface area contributed by atoms with Crippen LogP contribution in [0.1, 0.15) is 40.5 Å². The summed E-state index contributed by atoms with van der Waals surface area (Å²) in [6, 6.07) is 12.6. The number of carbonyl (C=O) groups is 1. The van der Waals surface area contributed by atoms with Gasteiger partial charge in [-0.25, -0.2) is 0 Å². The number of nitrogens with zero attached hydrogens (tertiary/aromatic N) is 3. The van der Waals surface area contributed by atoms with Gasteiger partial charge in [0.05, 0.1) is 0 Å². The van der Waals surface area contributed by atoms with Gasteiger partial charge in [-0.2, -0.15) is 5.10 Å². The highest BCUT2D eigenvalue weighted by Crippen LogP contribution is 2.39. The van der Waals surface area contributed by atoms with Gasteiger partial charge in [0, 0.05) is 49.8 Å². The zero-order valence-electron chi connectivity index (χ0n) is 16.2. The molecule has 1 saturated heterocycles. The number of aromatic nitrogens is 2. The number of carbonyl (C=O) groups excluding carboxylic acids is 1. The molecule has 1 amide bonds. The Morgan fingerprint density at radius 3 is 2.74 bits per heavy atom. The van der Waals surface area contributed by atoms with Crippen molar-refractivity contribution in [3.05, 3.63) is 53.3 Å². The second-order valence-corrected chi connectivity index (χ2v) is 8.26. The summed E-state index contributed by atoms with van der Waals surface area (Å²) in [7, 11) is 4.18. The van der Waals surface area contributed by atoms with Crippen LogP contribution in [0.4, 0.5) is 0 Å². The monoisotopic (exact) mass is 367 g/mol. The molecule has 0 bridgehead atoms. The van der Waals surface area contributed by atoms with Crippen molar-refractivity contribution in [2.24, 2.45) is 5.92 Å². The number of aromatic amines is 1. The quantitative estimate of drug-likeness (QED) is 0.786. The second kappa shape index (κ2) is 7.82. The molecule has 2 N–H and O–H groups in total. The van der Waals surface area contributed by atoms with E-state index in [1.807, 2.05) is 12.1 Å². The fraction of sp³-hybridized carbons (Fsp3) is 0.524. The molecule has 27 heavy (non-hydrogen) atoms. The van der Waals surface area contributed by atoms with Crippen molar-refractivity contribution < 1.29 is 4.79 Å². The zero-order valence-corrected chi connectivity index (χ0v) is 16.2. The molecule has 0 spiro atoms. The normalized spacial score (nSPS) is 23.1. The first kappa shape index (κ1) is 18.2. The molecular weight excluding hydrogens is 338 g/mol. The Labute approximate surface area is 160 Å². The van der Waals surface area contributed by atoms with Gasteiger partial charge >= 0.3 is 0 Å². The molecule has 2 heterocycles. The summed E-state index contributed by atoms with van der Waals surface area (Å²) in [4.78, 5) is 17.4. The highest BCUT2D eigenvalue weighted by Gasteiger charge is 2.35. The number of hydrogen-bond acceptors (Lipinski definition) is 4. The average molecular weight is 367 g/mol. The minimum Gasteiger partial charge on any atom is -0.346 e. The molecule has 2 fully saturated rings. The first-order valence-electron chi connectivity index (χ1n) is 9.85.